The lowest BCUT2D eigenvalue weighted by atomic mass is 9.88. The van der Waals surface area contributed by atoms with Crippen molar-refractivity contribution in [2.75, 3.05) is 17.3 Å². The van der Waals surface area contributed by atoms with Crippen LogP contribution in [0.5, 0.6) is 0 Å². The summed E-state index contributed by atoms with van der Waals surface area (Å²) in [6, 6.07) is 10.7. The fourth-order valence-electron chi connectivity index (χ4n) is 4.65. The van der Waals surface area contributed by atoms with Crippen molar-refractivity contribution in [1.29, 1.82) is 5.26 Å². The quantitative estimate of drug-likeness (QED) is 0.226. The highest BCUT2D eigenvalue weighted by Crippen LogP contribution is 2.43. The number of esters is 1. The van der Waals surface area contributed by atoms with E-state index in [-0.39, 0.29) is 22.9 Å². The van der Waals surface area contributed by atoms with Gasteiger partial charge < -0.3 is 4.74 Å². The molecule has 8 nitrogen and oxygen atoms in total. The molecule has 0 fully saturated rings. The highest BCUT2D eigenvalue weighted by Gasteiger charge is 2.40. The van der Waals surface area contributed by atoms with Gasteiger partial charge in [-0.15, -0.1) is 5.10 Å². The maximum Gasteiger partial charge on any atom is 0.416 e. The second-order valence-corrected chi connectivity index (χ2v) is 9.44. The molecule has 0 saturated carbocycles. The van der Waals surface area contributed by atoms with E-state index in [0.717, 1.165) is 35.9 Å². The Kier molecular flexibility index (Phi) is 7.78. The molecule has 2 heterocycles. The lowest BCUT2D eigenvalue weighted by Crippen LogP contribution is -2.38. The standard InChI is InChI=1S/C26H23BrF3N5O3/c1-15-21(23(36)38-2)22(20-10-9-16(14-31)12-17(20)6-3-4-11-27)35-24(32-33-25(35)37)34(15)19-8-5-7-18(13-19)26(28,29)30/h5,7-10,12-13,22H,3-4,6,11H2,1-2H3,(H,33,37)/t22-/m1/s1. The van der Waals surface area contributed by atoms with Crippen molar-refractivity contribution < 1.29 is 22.7 Å². The Morgan fingerprint density at radius 2 is 2.00 bits per heavy atom. The number of allylic oxidation sites excluding steroid dienone is 1. The van der Waals surface area contributed by atoms with E-state index in [1.165, 1.54) is 28.7 Å². The summed E-state index contributed by atoms with van der Waals surface area (Å²) < 4.78 is 46.8. The van der Waals surface area contributed by atoms with Gasteiger partial charge in [0.15, 0.2) is 0 Å². The molecule has 0 radical (unpaired) electrons. The Bertz CT molecular complexity index is 1500. The Morgan fingerprint density at radius 1 is 1.24 bits per heavy atom. The van der Waals surface area contributed by atoms with Gasteiger partial charge in [-0.2, -0.15) is 18.4 Å². The summed E-state index contributed by atoms with van der Waals surface area (Å²) in [5, 5.41) is 16.7. The molecule has 1 N–H and O–H groups in total. The Hall–Kier alpha value is -3.85. The maximum atomic E-state index is 13.5. The van der Waals surface area contributed by atoms with Crippen LogP contribution in [0, 0.1) is 11.3 Å². The van der Waals surface area contributed by atoms with Crippen molar-refractivity contribution in [1.82, 2.24) is 14.8 Å². The highest BCUT2D eigenvalue weighted by atomic mass is 79.9. The van der Waals surface area contributed by atoms with Crippen molar-refractivity contribution in [3.63, 3.8) is 0 Å². The van der Waals surface area contributed by atoms with Crippen LogP contribution in [0.3, 0.4) is 0 Å². The second-order valence-electron chi connectivity index (χ2n) is 8.65. The summed E-state index contributed by atoms with van der Waals surface area (Å²) in [6.45, 7) is 1.57. The summed E-state index contributed by atoms with van der Waals surface area (Å²) in [4.78, 5) is 27.6. The van der Waals surface area contributed by atoms with Gasteiger partial charge in [-0.3, -0.25) is 4.90 Å². The van der Waals surface area contributed by atoms with Crippen LogP contribution in [-0.4, -0.2) is 33.2 Å². The fourth-order valence-corrected chi connectivity index (χ4v) is 5.04. The number of H-pyrrole nitrogens is 1. The molecule has 3 aromatic rings. The average Bonchev–Trinajstić information content (AvgIpc) is 3.28. The third-order valence-corrected chi connectivity index (χ3v) is 6.94. The summed E-state index contributed by atoms with van der Waals surface area (Å²) in [7, 11) is 1.19. The molecule has 1 aromatic heterocycles. The van der Waals surface area contributed by atoms with E-state index in [1.54, 1.807) is 25.1 Å². The summed E-state index contributed by atoms with van der Waals surface area (Å²) in [5.74, 6) is -0.737. The minimum Gasteiger partial charge on any atom is -0.466 e. The monoisotopic (exact) mass is 589 g/mol. The van der Waals surface area contributed by atoms with Gasteiger partial charge in [0.1, 0.15) is 6.04 Å². The van der Waals surface area contributed by atoms with E-state index in [2.05, 4.69) is 32.2 Å². The lowest BCUT2D eigenvalue weighted by Gasteiger charge is -2.36. The number of fused-ring (bicyclic) bond motifs is 1. The molecule has 38 heavy (non-hydrogen) atoms. The van der Waals surface area contributed by atoms with Gasteiger partial charge in [-0.25, -0.2) is 19.3 Å². The topological polar surface area (TPSA) is 104 Å². The van der Waals surface area contributed by atoms with E-state index in [0.29, 0.717) is 17.5 Å². The fraction of sp³-hybridized carbons (Fsp3) is 0.308. The van der Waals surface area contributed by atoms with Crippen molar-refractivity contribution in [3.8, 4) is 6.07 Å². The number of carbonyl (C=O) groups excluding carboxylic acids is 1. The predicted octanol–water partition coefficient (Wildman–Crippen LogP) is 5.37. The van der Waals surface area contributed by atoms with Crippen LogP contribution in [0.25, 0.3) is 0 Å². The third-order valence-electron chi connectivity index (χ3n) is 6.38. The Morgan fingerprint density at radius 3 is 2.66 bits per heavy atom. The number of unbranched alkanes of at least 4 members (excludes halogenated alkanes) is 1. The molecule has 0 saturated heterocycles. The van der Waals surface area contributed by atoms with Crippen molar-refractivity contribution in [3.05, 3.63) is 86.5 Å². The first-order valence-corrected chi connectivity index (χ1v) is 12.8. The number of aryl methyl sites for hydroxylation is 1. The molecule has 2 aromatic carbocycles. The highest BCUT2D eigenvalue weighted by molar-refractivity contribution is 9.09. The van der Waals surface area contributed by atoms with Gasteiger partial charge in [-0.05, 0) is 67.6 Å². The number of nitrogens with one attached hydrogen (secondary N) is 1. The molecule has 12 heteroatoms. The molecule has 0 unspecified atom stereocenters. The number of ether oxygens (including phenoxy) is 1. The number of benzene rings is 2. The van der Waals surface area contributed by atoms with Gasteiger partial charge in [-0.1, -0.05) is 28.1 Å². The van der Waals surface area contributed by atoms with Gasteiger partial charge in [0.25, 0.3) is 0 Å². The van der Waals surface area contributed by atoms with Gasteiger partial charge in [0.2, 0.25) is 5.95 Å². The number of alkyl halides is 4. The van der Waals surface area contributed by atoms with Crippen molar-refractivity contribution in [2.24, 2.45) is 0 Å². The molecule has 0 bridgehead atoms. The van der Waals surface area contributed by atoms with Crippen LogP contribution in [0.2, 0.25) is 0 Å². The maximum absolute atomic E-state index is 13.5. The zero-order chi connectivity index (χ0) is 27.6. The Labute approximate surface area is 224 Å². The van der Waals surface area contributed by atoms with Gasteiger partial charge in [0, 0.05) is 16.7 Å². The zero-order valence-corrected chi connectivity index (χ0v) is 22.1. The molecule has 0 amide bonds. The molecule has 198 valence electrons. The minimum absolute atomic E-state index is 0.0141. The Balaban J connectivity index is 1.99. The van der Waals surface area contributed by atoms with Crippen LogP contribution in [0.4, 0.5) is 24.8 Å². The number of nitrogens with zero attached hydrogens (tertiary/aromatic N) is 4. The molecular formula is C26H23BrF3N5O3. The SMILES string of the molecule is COC(=O)C1=C(C)N(c2cccc(C(F)(F)F)c2)c2n[nH]c(=O)n2[C@@H]1c1ccc(C#N)cc1CCCCBr. The second kappa shape index (κ2) is 10.9. The number of carbonyl (C=O) groups is 1. The smallest absolute Gasteiger partial charge is 0.416 e. The number of anilines is 2. The molecule has 0 aliphatic carbocycles. The number of halogens is 4. The van der Waals surface area contributed by atoms with E-state index < -0.39 is 29.4 Å². The van der Waals surface area contributed by atoms with Crippen molar-refractivity contribution >= 4 is 33.5 Å². The lowest BCUT2D eigenvalue weighted by molar-refractivity contribution is -0.138. The van der Waals surface area contributed by atoms with Crippen LogP contribution in [0.1, 0.15) is 48.1 Å². The molecule has 1 atom stereocenters. The van der Waals surface area contributed by atoms with Crippen LogP contribution in [-0.2, 0) is 22.1 Å². The van der Waals surface area contributed by atoms with Crippen LogP contribution >= 0.6 is 15.9 Å². The number of hydrogen-bond donors (Lipinski definition) is 1. The first-order valence-electron chi connectivity index (χ1n) is 11.6. The predicted molar refractivity (Wildman–Crippen MR) is 137 cm³/mol. The zero-order valence-electron chi connectivity index (χ0n) is 20.5. The largest absolute Gasteiger partial charge is 0.466 e. The first-order chi connectivity index (χ1) is 18.1. The van der Waals surface area contributed by atoms with Crippen LogP contribution in [0.15, 0.2) is 58.5 Å². The molecule has 1 aliphatic heterocycles. The summed E-state index contributed by atoms with van der Waals surface area (Å²) in [5.41, 5.74) is 0.596. The third kappa shape index (κ3) is 4.98. The number of hydrogen-bond acceptors (Lipinski definition) is 6. The molecular weight excluding hydrogens is 567 g/mol. The van der Waals surface area contributed by atoms with E-state index in [1.807, 2.05) is 0 Å². The summed E-state index contributed by atoms with van der Waals surface area (Å²) in [6.07, 6.45) is -2.39. The van der Waals surface area contributed by atoms with Gasteiger partial charge >= 0.3 is 17.8 Å². The molecule has 1 aliphatic rings. The first kappa shape index (κ1) is 27.2. The van der Waals surface area contributed by atoms with E-state index in [4.69, 9.17) is 4.74 Å². The normalized spacial score (nSPS) is 15.3. The average molecular weight is 590 g/mol. The van der Waals surface area contributed by atoms with E-state index in [9.17, 15) is 28.0 Å². The number of aromatic nitrogens is 3. The van der Waals surface area contributed by atoms with E-state index >= 15 is 0 Å². The van der Waals surface area contributed by atoms with Gasteiger partial charge in [0.05, 0.1) is 29.9 Å². The van der Waals surface area contributed by atoms with Crippen molar-refractivity contribution in [2.45, 2.75) is 38.4 Å². The molecule has 4 rings (SSSR count). The summed E-state index contributed by atoms with van der Waals surface area (Å²) >= 11 is 3.41. The molecule has 0 spiro atoms. The number of rotatable bonds is 7. The van der Waals surface area contributed by atoms with Crippen LogP contribution < -0.4 is 10.6 Å². The number of methoxy groups -OCH3 is 1. The number of nitriles is 1. The minimum atomic E-state index is -4.60. The number of aromatic amines is 1.